The van der Waals surface area contributed by atoms with Crippen molar-refractivity contribution in [3.63, 3.8) is 0 Å². The number of fused-ring (bicyclic) bond motifs is 5. The predicted molar refractivity (Wildman–Crippen MR) is 122 cm³/mol. The van der Waals surface area contributed by atoms with E-state index in [1.807, 2.05) is 0 Å². The molecule has 4 rings (SSSR count). The molecule has 3 aliphatic carbocycles. The van der Waals surface area contributed by atoms with E-state index in [4.69, 9.17) is 0 Å². The van der Waals surface area contributed by atoms with E-state index < -0.39 is 12.1 Å². The first-order valence-corrected chi connectivity index (χ1v) is 13.2. The summed E-state index contributed by atoms with van der Waals surface area (Å²) in [5.41, 5.74) is -0.161. The Hall–Kier alpha value is -0.740. The van der Waals surface area contributed by atoms with E-state index >= 15 is 0 Å². The monoisotopic (exact) mass is 455 g/mol. The van der Waals surface area contributed by atoms with Crippen LogP contribution in [0.5, 0.6) is 0 Å². The molecule has 0 radical (unpaired) electrons. The molecule has 32 heavy (non-hydrogen) atoms. The van der Waals surface area contributed by atoms with Crippen LogP contribution >= 0.6 is 0 Å². The van der Waals surface area contributed by atoms with Gasteiger partial charge in [0.1, 0.15) is 0 Å². The quantitative estimate of drug-likeness (QED) is 0.460. The highest BCUT2D eigenvalue weighted by molar-refractivity contribution is 5.77. The Kier molecular flexibility index (Phi) is 6.47. The van der Waals surface area contributed by atoms with Gasteiger partial charge < -0.3 is 5.32 Å². The summed E-state index contributed by atoms with van der Waals surface area (Å²) in [6.07, 6.45) is 4.76. The van der Waals surface area contributed by atoms with Gasteiger partial charge in [-0.25, -0.2) is 0 Å². The molecular weight excluding hydrogens is 411 g/mol. The minimum Gasteiger partial charge on any atom is -0.353 e. The Morgan fingerprint density at radius 3 is 2.34 bits per heavy atom. The van der Waals surface area contributed by atoms with Crippen LogP contribution in [0.4, 0.5) is 13.2 Å². The predicted octanol–water partition coefficient (Wildman–Crippen LogP) is 7.37. The van der Waals surface area contributed by atoms with Gasteiger partial charge in [0.25, 0.3) is 0 Å². The number of rotatable bonds is 5. The minimum atomic E-state index is -4.19. The summed E-state index contributed by atoms with van der Waals surface area (Å²) in [7, 11) is 0. The second kappa shape index (κ2) is 8.48. The third kappa shape index (κ3) is 4.02. The summed E-state index contributed by atoms with van der Waals surface area (Å²) in [6, 6.07) is -0.326. The van der Waals surface area contributed by atoms with Gasteiger partial charge >= 0.3 is 6.18 Å². The molecule has 0 aromatic carbocycles. The van der Waals surface area contributed by atoms with Crippen molar-refractivity contribution in [3.8, 4) is 0 Å². The molecule has 1 amide bonds. The highest BCUT2D eigenvalue weighted by Gasteiger charge is 2.66. The second-order valence-electron chi connectivity index (χ2n) is 12.8. The summed E-state index contributed by atoms with van der Waals surface area (Å²) in [6.45, 7) is 11.4. The van der Waals surface area contributed by atoms with Crippen molar-refractivity contribution in [1.82, 2.24) is 5.32 Å². The number of alkyl halides is 3. The van der Waals surface area contributed by atoms with Crippen LogP contribution < -0.4 is 5.32 Å². The fraction of sp³-hybridized carbons (Fsp3) is 0.963. The molecule has 1 heterocycles. The largest absolute Gasteiger partial charge is 0.392 e. The second-order valence-corrected chi connectivity index (χ2v) is 12.8. The molecular formula is C27H44F3NO. The van der Waals surface area contributed by atoms with Gasteiger partial charge in [0.15, 0.2) is 0 Å². The first kappa shape index (κ1) is 24.4. The van der Waals surface area contributed by atoms with Gasteiger partial charge in [-0.1, -0.05) is 53.9 Å². The third-order valence-electron chi connectivity index (χ3n) is 10.8. The first-order chi connectivity index (χ1) is 14.9. The normalized spacial score (nSPS) is 45.1. The minimum absolute atomic E-state index is 0.0308. The Morgan fingerprint density at radius 2 is 1.69 bits per heavy atom. The van der Waals surface area contributed by atoms with E-state index in [9.17, 15) is 18.0 Å². The van der Waals surface area contributed by atoms with Gasteiger partial charge in [0, 0.05) is 12.5 Å². The summed E-state index contributed by atoms with van der Waals surface area (Å²) < 4.78 is 43.4. The summed E-state index contributed by atoms with van der Waals surface area (Å²) in [5.74, 6) is 0.466. The topological polar surface area (TPSA) is 29.1 Å². The van der Waals surface area contributed by atoms with E-state index in [-0.39, 0.29) is 47.0 Å². The maximum Gasteiger partial charge on any atom is 0.392 e. The lowest BCUT2D eigenvalue weighted by Gasteiger charge is -2.62. The van der Waals surface area contributed by atoms with E-state index in [1.54, 1.807) is 0 Å². The van der Waals surface area contributed by atoms with E-state index in [0.29, 0.717) is 24.2 Å². The van der Waals surface area contributed by atoms with Crippen molar-refractivity contribution in [1.29, 1.82) is 0 Å². The molecule has 3 saturated carbocycles. The SMILES string of the molecule is CC(C)CCCC(C)C1CCC2C3C(C(F)(F)F)CC4NC(=O)CCC4(C)C3CCC12C. The van der Waals surface area contributed by atoms with Crippen LogP contribution in [0.2, 0.25) is 0 Å². The molecule has 0 aromatic heterocycles. The van der Waals surface area contributed by atoms with Crippen LogP contribution in [0.1, 0.15) is 98.8 Å². The fourth-order valence-electron chi connectivity index (χ4n) is 9.07. The molecule has 184 valence electrons. The van der Waals surface area contributed by atoms with Crippen molar-refractivity contribution in [2.45, 2.75) is 111 Å². The molecule has 4 fully saturated rings. The zero-order valence-electron chi connectivity index (χ0n) is 20.7. The lowest BCUT2D eigenvalue weighted by atomic mass is 9.44. The Balaban J connectivity index is 1.60. The molecule has 5 heteroatoms. The van der Waals surface area contributed by atoms with Crippen LogP contribution in [0.15, 0.2) is 0 Å². The molecule has 0 bridgehead atoms. The zero-order valence-corrected chi connectivity index (χ0v) is 20.7. The van der Waals surface area contributed by atoms with Crippen molar-refractivity contribution < 1.29 is 18.0 Å². The van der Waals surface area contributed by atoms with Crippen molar-refractivity contribution in [2.75, 3.05) is 0 Å². The lowest BCUT2D eigenvalue weighted by Crippen LogP contribution is -2.65. The van der Waals surface area contributed by atoms with E-state index in [2.05, 4.69) is 39.9 Å². The van der Waals surface area contributed by atoms with Gasteiger partial charge in [-0.15, -0.1) is 0 Å². The number of hydrogen-bond acceptors (Lipinski definition) is 1. The average Bonchev–Trinajstić information content (AvgIpc) is 3.04. The Labute approximate surface area is 192 Å². The number of amides is 1. The van der Waals surface area contributed by atoms with Gasteiger partial charge in [-0.05, 0) is 84.9 Å². The van der Waals surface area contributed by atoms with Crippen LogP contribution in [0.3, 0.4) is 0 Å². The highest BCUT2D eigenvalue weighted by Crippen LogP contribution is 2.69. The highest BCUT2D eigenvalue weighted by atomic mass is 19.4. The number of carbonyl (C=O) groups is 1. The smallest absolute Gasteiger partial charge is 0.353 e. The maximum absolute atomic E-state index is 14.5. The van der Waals surface area contributed by atoms with Crippen LogP contribution in [0.25, 0.3) is 0 Å². The first-order valence-electron chi connectivity index (χ1n) is 13.2. The molecule has 0 spiro atoms. The van der Waals surface area contributed by atoms with E-state index in [0.717, 1.165) is 32.1 Å². The van der Waals surface area contributed by atoms with Crippen molar-refractivity contribution in [2.24, 2.45) is 52.3 Å². The van der Waals surface area contributed by atoms with E-state index in [1.165, 1.54) is 19.3 Å². The molecule has 9 unspecified atom stereocenters. The van der Waals surface area contributed by atoms with Gasteiger partial charge in [0.2, 0.25) is 5.91 Å². The standard InChI is InChI=1S/C27H44F3NO/c1-16(2)7-6-8-17(3)18-9-10-19-24-20(11-13-25(18,19)4)26(5)14-12-23(32)31-22(26)15-21(24)27(28,29)30/h16-22,24H,6-15H2,1-5H3,(H,31,32). The molecule has 2 nitrogen and oxygen atoms in total. The molecule has 9 atom stereocenters. The third-order valence-corrected chi connectivity index (χ3v) is 10.8. The molecule has 1 saturated heterocycles. The number of piperidine rings is 1. The fourth-order valence-corrected chi connectivity index (χ4v) is 9.07. The van der Waals surface area contributed by atoms with Gasteiger partial charge in [-0.3, -0.25) is 4.79 Å². The molecule has 1 N–H and O–H groups in total. The van der Waals surface area contributed by atoms with Crippen LogP contribution in [-0.2, 0) is 4.79 Å². The van der Waals surface area contributed by atoms with Gasteiger partial charge in [0.05, 0.1) is 5.92 Å². The molecule has 1 aliphatic heterocycles. The number of nitrogens with one attached hydrogen (secondary N) is 1. The van der Waals surface area contributed by atoms with Crippen molar-refractivity contribution in [3.05, 3.63) is 0 Å². The van der Waals surface area contributed by atoms with Gasteiger partial charge in [-0.2, -0.15) is 13.2 Å². The zero-order chi connectivity index (χ0) is 23.5. The number of hydrogen-bond donors (Lipinski definition) is 1. The van der Waals surface area contributed by atoms with Crippen molar-refractivity contribution >= 4 is 5.91 Å². The maximum atomic E-state index is 14.5. The average molecular weight is 456 g/mol. The number of carbonyl (C=O) groups excluding carboxylic acids is 1. The summed E-state index contributed by atoms with van der Waals surface area (Å²) in [4.78, 5) is 12.1. The molecule has 0 aromatic rings. The Morgan fingerprint density at radius 1 is 1.00 bits per heavy atom. The lowest BCUT2D eigenvalue weighted by molar-refractivity contribution is -0.244. The van der Waals surface area contributed by atoms with Crippen LogP contribution in [-0.4, -0.2) is 18.1 Å². The Bertz CT molecular complexity index is 706. The summed E-state index contributed by atoms with van der Waals surface area (Å²) >= 11 is 0. The molecule has 4 aliphatic rings. The van der Waals surface area contributed by atoms with Crippen LogP contribution in [0, 0.1) is 52.3 Å². The summed E-state index contributed by atoms with van der Waals surface area (Å²) in [5, 5.41) is 2.98. The number of halogens is 3.